The first kappa shape index (κ1) is 18.0. The van der Waals surface area contributed by atoms with E-state index in [9.17, 15) is 9.18 Å². The molecule has 148 valence electrons. The molecule has 4 heterocycles. The van der Waals surface area contributed by atoms with E-state index in [1.807, 2.05) is 6.92 Å². The van der Waals surface area contributed by atoms with Gasteiger partial charge >= 0.3 is 0 Å². The van der Waals surface area contributed by atoms with Crippen molar-refractivity contribution in [3.63, 3.8) is 0 Å². The van der Waals surface area contributed by atoms with E-state index in [1.54, 1.807) is 22.5 Å². The molecule has 1 amide bonds. The number of rotatable bonds is 3. The number of benzene rings is 1. The lowest BCUT2D eigenvalue weighted by molar-refractivity contribution is 0.0567. The van der Waals surface area contributed by atoms with Gasteiger partial charge in [0.05, 0.1) is 11.2 Å². The Morgan fingerprint density at radius 1 is 1.31 bits per heavy atom. The van der Waals surface area contributed by atoms with Crippen molar-refractivity contribution in [2.45, 2.75) is 32.2 Å². The zero-order chi connectivity index (χ0) is 20.0. The first-order valence-corrected chi connectivity index (χ1v) is 10.3. The fourth-order valence-electron chi connectivity index (χ4n) is 3.77. The molecule has 1 aliphatic rings. The zero-order valence-electron chi connectivity index (χ0n) is 15.7. The molecule has 5 rings (SSSR count). The van der Waals surface area contributed by atoms with Crippen molar-refractivity contribution in [2.75, 3.05) is 6.54 Å². The number of H-pyrrole nitrogens is 1. The largest absolute Gasteiger partial charge is 0.418 e. The average molecular weight is 411 g/mol. The van der Waals surface area contributed by atoms with Gasteiger partial charge in [0.15, 0.2) is 0 Å². The Hall–Kier alpha value is -3.07. The van der Waals surface area contributed by atoms with Gasteiger partial charge < -0.3 is 14.3 Å². The SMILES string of the molecule is Cc1ncsc1-c1nnc(C2CCCCN2C(=O)c2cc3cc(F)ccc3[nH]2)o1. The van der Waals surface area contributed by atoms with Crippen LogP contribution >= 0.6 is 11.3 Å². The highest BCUT2D eigenvalue weighted by atomic mass is 32.1. The molecule has 0 bridgehead atoms. The third-order valence-corrected chi connectivity index (χ3v) is 6.16. The van der Waals surface area contributed by atoms with Gasteiger partial charge in [-0.25, -0.2) is 9.37 Å². The minimum absolute atomic E-state index is 0.153. The average Bonchev–Trinajstić information content (AvgIpc) is 3.46. The van der Waals surface area contributed by atoms with Gasteiger partial charge in [0.1, 0.15) is 22.4 Å². The Labute approximate surface area is 169 Å². The van der Waals surface area contributed by atoms with Crippen LogP contribution in [0.2, 0.25) is 0 Å². The number of aromatic amines is 1. The van der Waals surface area contributed by atoms with Crippen molar-refractivity contribution in [3.05, 3.63) is 52.9 Å². The van der Waals surface area contributed by atoms with Gasteiger partial charge in [0, 0.05) is 17.4 Å². The standard InChI is InChI=1S/C20H18FN5O2S/c1-11-17(29-10-22-11)19-25-24-18(28-19)16-4-2-3-7-26(16)20(27)15-9-12-8-13(21)5-6-14(12)23-15/h5-6,8-10,16,23H,2-4,7H2,1H3. The van der Waals surface area contributed by atoms with Gasteiger partial charge in [0.25, 0.3) is 11.8 Å². The van der Waals surface area contributed by atoms with Crippen molar-refractivity contribution in [3.8, 4) is 10.8 Å². The number of aryl methyl sites for hydroxylation is 1. The van der Waals surface area contributed by atoms with Crippen molar-refractivity contribution >= 4 is 28.1 Å². The molecule has 0 saturated carbocycles. The van der Waals surface area contributed by atoms with Gasteiger partial charge in [-0.1, -0.05) is 0 Å². The number of nitrogens with one attached hydrogen (secondary N) is 1. The molecule has 3 aromatic heterocycles. The second-order valence-corrected chi connectivity index (χ2v) is 7.99. The highest BCUT2D eigenvalue weighted by Crippen LogP contribution is 2.34. The highest BCUT2D eigenvalue weighted by Gasteiger charge is 2.33. The van der Waals surface area contributed by atoms with Crippen LogP contribution < -0.4 is 0 Å². The predicted molar refractivity (Wildman–Crippen MR) is 106 cm³/mol. The Morgan fingerprint density at radius 3 is 3.03 bits per heavy atom. The van der Waals surface area contributed by atoms with Crippen LogP contribution in [0, 0.1) is 12.7 Å². The van der Waals surface area contributed by atoms with E-state index in [-0.39, 0.29) is 17.8 Å². The fraction of sp³-hybridized carbons (Fsp3) is 0.300. The van der Waals surface area contributed by atoms with Crippen LogP contribution in [0.3, 0.4) is 0 Å². The number of piperidine rings is 1. The number of likely N-dealkylation sites (tertiary alicyclic amines) is 1. The maximum Gasteiger partial charge on any atom is 0.270 e. The molecule has 1 N–H and O–H groups in total. The van der Waals surface area contributed by atoms with Crippen molar-refractivity contribution in [1.29, 1.82) is 0 Å². The summed E-state index contributed by atoms with van der Waals surface area (Å²) in [6.07, 6.45) is 2.64. The summed E-state index contributed by atoms with van der Waals surface area (Å²) in [4.78, 5) is 23.2. The van der Waals surface area contributed by atoms with Gasteiger partial charge in [-0.2, -0.15) is 0 Å². The number of thiazole rings is 1. The van der Waals surface area contributed by atoms with E-state index in [0.717, 1.165) is 35.4 Å². The van der Waals surface area contributed by atoms with Gasteiger partial charge in [-0.15, -0.1) is 21.5 Å². The van der Waals surface area contributed by atoms with Crippen molar-refractivity contribution < 1.29 is 13.6 Å². The molecule has 29 heavy (non-hydrogen) atoms. The normalized spacial score (nSPS) is 17.2. The third-order valence-electron chi connectivity index (χ3n) is 5.24. The summed E-state index contributed by atoms with van der Waals surface area (Å²) >= 11 is 1.45. The minimum Gasteiger partial charge on any atom is -0.418 e. The van der Waals surface area contributed by atoms with E-state index in [0.29, 0.717) is 29.4 Å². The van der Waals surface area contributed by atoms with Crippen molar-refractivity contribution in [1.82, 2.24) is 25.1 Å². The lowest BCUT2D eigenvalue weighted by Crippen LogP contribution is -2.38. The van der Waals surface area contributed by atoms with Gasteiger partial charge in [-0.3, -0.25) is 4.79 Å². The first-order valence-electron chi connectivity index (χ1n) is 9.43. The third kappa shape index (κ3) is 3.21. The van der Waals surface area contributed by atoms with Gasteiger partial charge in [0.2, 0.25) is 5.89 Å². The summed E-state index contributed by atoms with van der Waals surface area (Å²) in [5, 5.41) is 9.07. The summed E-state index contributed by atoms with van der Waals surface area (Å²) in [7, 11) is 0. The van der Waals surface area contributed by atoms with Crippen LogP contribution in [-0.4, -0.2) is 37.5 Å². The van der Waals surface area contributed by atoms with Crippen LogP contribution in [0.4, 0.5) is 4.39 Å². The molecule has 0 radical (unpaired) electrons. The number of halogens is 1. The Kier molecular flexibility index (Phi) is 4.39. The number of hydrogen-bond donors (Lipinski definition) is 1. The summed E-state index contributed by atoms with van der Waals surface area (Å²) < 4.78 is 19.4. The molecular formula is C20H18FN5O2S. The number of nitrogens with zero attached hydrogens (tertiary/aromatic N) is 4. The molecule has 7 nitrogen and oxygen atoms in total. The minimum atomic E-state index is -0.330. The second-order valence-electron chi connectivity index (χ2n) is 7.14. The maximum absolute atomic E-state index is 13.5. The molecule has 1 saturated heterocycles. The van der Waals surface area contributed by atoms with E-state index in [1.165, 1.54) is 23.5 Å². The van der Waals surface area contributed by atoms with Crippen LogP contribution in [0.25, 0.3) is 21.7 Å². The van der Waals surface area contributed by atoms with E-state index < -0.39 is 0 Å². The molecular weight excluding hydrogens is 393 g/mol. The number of hydrogen-bond acceptors (Lipinski definition) is 6. The molecule has 4 aromatic rings. The van der Waals surface area contributed by atoms with Crippen LogP contribution in [0.5, 0.6) is 0 Å². The summed E-state index contributed by atoms with van der Waals surface area (Å²) in [5.74, 6) is 0.380. The van der Waals surface area contributed by atoms with E-state index >= 15 is 0 Å². The molecule has 0 spiro atoms. The Bertz CT molecular complexity index is 1200. The first-order chi connectivity index (χ1) is 14.1. The second kappa shape index (κ2) is 7.07. The van der Waals surface area contributed by atoms with Gasteiger partial charge in [-0.05, 0) is 50.5 Å². The molecule has 9 heteroatoms. The van der Waals surface area contributed by atoms with E-state index in [4.69, 9.17) is 4.42 Å². The molecule has 1 atom stereocenters. The molecule has 1 aromatic carbocycles. The number of carbonyl (C=O) groups is 1. The van der Waals surface area contributed by atoms with Crippen LogP contribution in [0.15, 0.2) is 34.2 Å². The lowest BCUT2D eigenvalue weighted by atomic mass is 10.0. The van der Waals surface area contributed by atoms with Crippen LogP contribution in [0.1, 0.15) is 47.4 Å². The monoisotopic (exact) mass is 411 g/mol. The quantitative estimate of drug-likeness (QED) is 0.537. The molecule has 1 aliphatic heterocycles. The Balaban J connectivity index is 1.46. The zero-order valence-corrected chi connectivity index (χ0v) is 16.5. The topological polar surface area (TPSA) is 87.9 Å². The summed E-state index contributed by atoms with van der Waals surface area (Å²) in [6, 6.07) is 5.83. The number of fused-ring (bicyclic) bond motifs is 1. The predicted octanol–water partition coefficient (Wildman–Crippen LogP) is 4.49. The maximum atomic E-state index is 13.5. The molecule has 0 aliphatic carbocycles. The number of amides is 1. The lowest BCUT2D eigenvalue weighted by Gasteiger charge is -2.33. The molecule has 1 fully saturated rings. The Morgan fingerprint density at radius 2 is 2.21 bits per heavy atom. The molecule has 1 unspecified atom stereocenters. The summed E-state index contributed by atoms with van der Waals surface area (Å²) in [5.41, 5.74) is 3.73. The summed E-state index contributed by atoms with van der Waals surface area (Å²) in [6.45, 7) is 2.50. The number of carbonyl (C=O) groups excluding carboxylic acids is 1. The fourth-order valence-corrected chi connectivity index (χ4v) is 4.50. The number of aromatic nitrogens is 4. The highest BCUT2D eigenvalue weighted by molar-refractivity contribution is 7.13. The van der Waals surface area contributed by atoms with Crippen molar-refractivity contribution in [2.24, 2.45) is 0 Å². The van der Waals surface area contributed by atoms with Crippen LogP contribution in [-0.2, 0) is 0 Å². The van der Waals surface area contributed by atoms with E-state index in [2.05, 4.69) is 20.2 Å². The smallest absolute Gasteiger partial charge is 0.270 e.